The molecular formula is C30H22BNO. The Balaban J connectivity index is 1.62. The van der Waals surface area contributed by atoms with E-state index in [4.69, 9.17) is 4.74 Å². The molecule has 0 saturated carbocycles. The molecular weight excluding hydrogens is 401 g/mol. The van der Waals surface area contributed by atoms with Gasteiger partial charge in [0.1, 0.15) is 11.5 Å². The second-order valence-electron chi connectivity index (χ2n) is 8.17. The van der Waals surface area contributed by atoms with Crippen LogP contribution in [-0.4, -0.2) is 6.85 Å². The molecule has 0 N–H and O–H groups in total. The van der Waals surface area contributed by atoms with Gasteiger partial charge in [0.05, 0.1) is 0 Å². The van der Waals surface area contributed by atoms with Gasteiger partial charge >= 0.3 is 6.85 Å². The van der Waals surface area contributed by atoms with Crippen LogP contribution in [0.5, 0.6) is 11.5 Å². The van der Waals surface area contributed by atoms with E-state index in [1.807, 2.05) is 30.3 Å². The monoisotopic (exact) mass is 423 g/mol. The fraction of sp³-hybridized carbons (Fsp3) is 0. The van der Waals surface area contributed by atoms with E-state index < -0.39 is 0 Å². The minimum absolute atomic E-state index is 0.0595. The maximum absolute atomic E-state index is 6.43. The van der Waals surface area contributed by atoms with Crippen LogP contribution in [0.1, 0.15) is 0 Å². The summed E-state index contributed by atoms with van der Waals surface area (Å²) in [6.07, 6.45) is 0. The summed E-state index contributed by atoms with van der Waals surface area (Å²) in [7, 11) is 0. The molecule has 0 atom stereocenters. The molecule has 156 valence electrons. The fourth-order valence-corrected chi connectivity index (χ4v) is 4.77. The lowest BCUT2D eigenvalue weighted by molar-refractivity contribution is 0.484. The minimum atomic E-state index is 0.0595. The van der Waals surface area contributed by atoms with Gasteiger partial charge in [-0.05, 0) is 47.4 Å². The second kappa shape index (κ2) is 8.36. The van der Waals surface area contributed by atoms with Crippen molar-refractivity contribution in [3.8, 4) is 22.6 Å². The van der Waals surface area contributed by atoms with Crippen molar-refractivity contribution < 1.29 is 4.74 Å². The summed E-state index contributed by atoms with van der Waals surface area (Å²) in [5.41, 5.74) is 7.15. The molecule has 0 bridgehead atoms. The SMILES string of the molecule is c1ccc(Oc2cccc3c2-c2ccccc2B(c2ccccc2)N3c2ccccc2)cc1. The summed E-state index contributed by atoms with van der Waals surface area (Å²) in [6, 6.07) is 46.4. The van der Waals surface area contributed by atoms with Gasteiger partial charge < -0.3 is 9.55 Å². The topological polar surface area (TPSA) is 12.5 Å². The van der Waals surface area contributed by atoms with E-state index >= 15 is 0 Å². The van der Waals surface area contributed by atoms with Gasteiger partial charge in [-0.3, -0.25) is 0 Å². The maximum atomic E-state index is 6.43. The van der Waals surface area contributed by atoms with E-state index in [0.717, 1.165) is 28.4 Å². The van der Waals surface area contributed by atoms with Gasteiger partial charge in [0.25, 0.3) is 0 Å². The van der Waals surface area contributed by atoms with E-state index in [0.29, 0.717) is 0 Å². The lowest BCUT2D eigenvalue weighted by atomic mass is 9.45. The first-order valence-electron chi connectivity index (χ1n) is 11.2. The van der Waals surface area contributed by atoms with E-state index in [-0.39, 0.29) is 6.85 Å². The van der Waals surface area contributed by atoms with E-state index in [1.54, 1.807) is 0 Å². The molecule has 0 spiro atoms. The molecule has 5 aromatic carbocycles. The molecule has 0 aromatic heterocycles. The summed E-state index contributed by atoms with van der Waals surface area (Å²) >= 11 is 0. The molecule has 0 unspecified atom stereocenters. The molecule has 0 aliphatic carbocycles. The van der Waals surface area contributed by atoms with Crippen molar-refractivity contribution in [2.24, 2.45) is 0 Å². The number of anilines is 2. The van der Waals surface area contributed by atoms with Crippen LogP contribution in [0.2, 0.25) is 0 Å². The van der Waals surface area contributed by atoms with Crippen LogP contribution < -0.4 is 20.5 Å². The smallest absolute Gasteiger partial charge is 0.328 e. The van der Waals surface area contributed by atoms with Crippen LogP contribution in [0.4, 0.5) is 11.4 Å². The van der Waals surface area contributed by atoms with E-state index in [2.05, 4.69) is 108 Å². The third-order valence-electron chi connectivity index (χ3n) is 6.17. The lowest BCUT2D eigenvalue weighted by Gasteiger charge is -2.39. The first kappa shape index (κ1) is 19.5. The van der Waals surface area contributed by atoms with Gasteiger partial charge in [-0.2, -0.15) is 0 Å². The van der Waals surface area contributed by atoms with Crippen molar-refractivity contribution in [1.82, 2.24) is 0 Å². The number of rotatable bonds is 4. The highest BCUT2D eigenvalue weighted by Crippen LogP contribution is 2.45. The quantitative estimate of drug-likeness (QED) is 0.310. The first-order valence-corrected chi connectivity index (χ1v) is 11.2. The van der Waals surface area contributed by atoms with Crippen LogP contribution in [0, 0.1) is 0 Å². The van der Waals surface area contributed by atoms with Gasteiger partial charge in [-0.1, -0.05) is 103 Å². The van der Waals surface area contributed by atoms with Crippen molar-refractivity contribution in [2.75, 3.05) is 4.81 Å². The Morgan fingerprint density at radius 1 is 0.545 bits per heavy atom. The largest absolute Gasteiger partial charge is 0.457 e. The fourth-order valence-electron chi connectivity index (χ4n) is 4.77. The third-order valence-corrected chi connectivity index (χ3v) is 6.17. The van der Waals surface area contributed by atoms with Gasteiger partial charge in [-0.25, -0.2) is 0 Å². The number of nitrogens with zero attached hydrogens (tertiary/aromatic N) is 1. The van der Waals surface area contributed by atoms with Crippen LogP contribution in [0.3, 0.4) is 0 Å². The molecule has 1 heterocycles. The predicted octanol–water partition coefficient (Wildman–Crippen LogP) is 6.40. The first-order chi connectivity index (χ1) is 16.4. The lowest BCUT2D eigenvalue weighted by Crippen LogP contribution is -2.57. The zero-order valence-electron chi connectivity index (χ0n) is 18.1. The molecule has 1 aliphatic rings. The average molecular weight is 423 g/mol. The molecule has 3 heteroatoms. The Labute approximate surface area is 194 Å². The number of benzene rings is 5. The van der Waals surface area contributed by atoms with Gasteiger partial charge in [-0.15, -0.1) is 0 Å². The van der Waals surface area contributed by atoms with E-state index in [1.165, 1.54) is 16.5 Å². The normalized spacial score (nSPS) is 12.1. The standard InChI is InChI=1S/C30H22BNO/c1-4-13-23(14-5-1)31-27-20-11-10-19-26(27)30-28(32(31)24-15-6-2-7-16-24)21-12-22-29(30)33-25-17-8-3-9-18-25/h1-22H. The average Bonchev–Trinajstić information content (AvgIpc) is 2.89. The molecule has 33 heavy (non-hydrogen) atoms. The molecule has 5 aromatic rings. The molecule has 1 aliphatic heterocycles. The summed E-state index contributed by atoms with van der Waals surface area (Å²) in [5.74, 6) is 1.69. The van der Waals surface area contributed by atoms with Gasteiger partial charge in [0, 0.05) is 16.9 Å². The maximum Gasteiger partial charge on any atom is 0.328 e. The molecule has 6 rings (SSSR count). The van der Waals surface area contributed by atoms with Crippen molar-refractivity contribution in [2.45, 2.75) is 0 Å². The van der Waals surface area contributed by atoms with Gasteiger partial charge in [0.2, 0.25) is 0 Å². The number of para-hydroxylation sites is 2. The van der Waals surface area contributed by atoms with Crippen molar-refractivity contribution in [1.29, 1.82) is 0 Å². The van der Waals surface area contributed by atoms with Crippen molar-refractivity contribution >= 4 is 29.1 Å². The summed E-state index contributed by atoms with van der Waals surface area (Å²) in [6.45, 7) is 0.0595. The summed E-state index contributed by atoms with van der Waals surface area (Å²) in [4.78, 5) is 2.44. The molecule has 0 saturated heterocycles. The Morgan fingerprint density at radius 3 is 1.94 bits per heavy atom. The zero-order chi connectivity index (χ0) is 22.0. The summed E-state index contributed by atoms with van der Waals surface area (Å²) in [5, 5.41) is 0. The van der Waals surface area contributed by atoms with Crippen LogP contribution in [-0.2, 0) is 0 Å². The highest BCUT2D eigenvalue weighted by molar-refractivity contribution is 6.90. The van der Waals surface area contributed by atoms with Gasteiger partial charge in [0.15, 0.2) is 0 Å². The Hall–Kier alpha value is -4.24. The number of fused-ring (bicyclic) bond motifs is 3. The molecule has 0 radical (unpaired) electrons. The van der Waals surface area contributed by atoms with Crippen LogP contribution in [0.15, 0.2) is 133 Å². The Kier molecular flexibility index (Phi) is 4.93. The third kappa shape index (κ3) is 3.48. The highest BCUT2D eigenvalue weighted by atomic mass is 16.5. The Morgan fingerprint density at radius 2 is 1.18 bits per heavy atom. The Bertz CT molecular complexity index is 1390. The number of hydrogen-bond donors (Lipinski definition) is 0. The minimum Gasteiger partial charge on any atom is -0.457 e. The molecule has 2 nitrogen and oxygen atoms in total. The number of hydrogen-bond acceptors (Lipinski definition) is 2. The zero-order valence-corrected chi connectivity index (χ0v) is 18.1. The second-order valence-corrected chi connectivity index (χ2v) is 8.17. The van der Waals surface area contributed by atoms with Crippen molar-refractivity contribution in [3.63, 3.8) is 0 Å². The highest BCUT2D eigenvalue weighted by Gasteiger charge is 2.38. The molecule has 0 fully saturated rings. The summed E-state index contributed by atoms with van der Waals surface area (Å²) < 4.78 is 6.43. The van der Waals surface area contributed by atoms with Crippen LogP contribution in [0.25, 0.3) is 11.1 Å². The predicted molar refractivity (Wildman–Crippen MR) is 138 cm³/mol. The number of ether oxygens (including phenoxy) is 1. The van der Waals surface area contributed by atoms with Crippen molar-refractivity contribution in [3.05, 3.63) is 133 Å². The van der Waals surface area contributed by atoms with E-state index in [9.17, 15) is 0 Å². The van der Waals surface area contributed by atoms with Crippen LogP contribution >= 0.6 is 0 Å². The molecule has 0 amide bonds.